The molecule has 20 heavy (non-hydrogen) atoms. The molecule has 0 aliphatic heterocycles. The molecular weight excluding hydrogens is 407 g/mol. The molecule has 1 aromatic heterocycles. The number of benzene rings is 1. The highest BCUT2D eigenvalue weighted by molar-refractivity contribution is 14.1. The Hall–Kier alpha value is -1.13. The Morgan fingerprint density at radius 2 is 2.25 bits per heavy atom. The first kappa shape index (κ1) is 15.3. The number of carbonyl (C=O) groups is 1. The standard InChI is InChI=1S/C12H11IN4OS2/c1-2-9-16-17-12(20-9)15-11(19)14-10(18)7-4-3-5-8(13)6-7/h3-6H,2H2,1H3,(H2,14,15,17,18,19). The molecular formula is C12H11IN4OS2. The van der Waals surface area contributed by atoms with Gasteiger partial charge in [0.05, 0.1) is 0 Å². The highest BCUT2D eigenvalue weighted by atomic mass is 127. The van der Waals surface area contributed by atoms with Crippen LogP contribution >= 0.6 is 46.1 Å². The highest BCUT2D eigenvalue weighted by Gasteiger charge is 2.10. The van der Waals surface area contributed by atoms with Crippen molar-refractivity contribution in [2.75, 3.05) is 5.32 Å². The van der Waals surface area contributed by atoms with E-state index in [2.05, 4.69) is 43.4 Å². The number of aryl methyl sites for hydroxylation is 1. The van der Waals surface area contributed by atoms with Crippen molar-refractivity contribution in [3.8, 4) is 0 Å². The third-order valence-electron chi connectivity index (χ3n) is 2.30. The fourth-order valence-electron chi connectivity index (χ4n) is 1.38. The topological polar surface area (TPSA) is 66.9 Å². The molecule has 1 aromatic carbocycles. The summed E-state index contributed by atoms with van der Waals surface area (Å²) < 4.78 is 0.992. The van der Waals surface area contributed by atoms with Crippen molar-refractivity contribution in [1.82, 2.24) is 15.5 Å². The van der Waals surface area contributed by atoms with Crippen LogP contribution in [0, 0.1) is 3.57 Å². The van der Waals surface area contributed by atoms with Crippen molar-refractivity contribution >= 4 is 62.3 Å². The molecule has 1 heterocycles. The molecule has 0 fully saturated rings. The van der Waals surface area contributed by atoms with Crippen LogP contribution in [0.5, 0.6) is 0 Å². The molecule has 0 aliphatic rings. The summed E-state index contributed by atoms with van der Waals surface area (Å²) in [5.74, 6) is -0.249. The monoisotopic (exact) mass is 418 g/mol. The zero-order valence-electron chi connectivity index (χ0n) is 10.5. The van der Waals surface area contributed by atoms with Gasteiger partial charge in [0.25, 0.3) is 5.91 Å². The molecule has 2 rings (SSSR count). The first-order chi connectivity index (χ1) is 9.58. The minimum Gasteiger partial charge on any atom is -0.307 e. The van der Waals surface area contributed by atoms with E-state index in [9.17, 15) is 4.79 Å². The second kappa shape index (κ2) is 7.04. The van der Waals surface area contributed by atoms with E-state index in [1.54, 1.807) is 12.1 Å². The number of hydrogen-bond acceptors (Lipinski definition) is 5. The van der Waals surface area contributed by atoms with Crippen LogP contribution in [0.4, 0.5) is 5.13 Å². The minimum absolute atomic E-state index is 0.215. The van der Waals surface area contributed by atoms with Crippen molar-refractivity contribution < 1.29 is 4.79 Å². The lowest BCUT2D eigenvalue weighted by Crippen LogP contribution is -2.34. The van der Waals surface area contributed by atoms with E-state index in [0.29, 0.717) is 10.7 Å². The Bertz CT molecular complexity index is 644. The second-order valence-electron chi connectivity index (χ2n) is 3.77. The molecule has 0 saturated carbocycles. The van der Waals surface area contributed by atoms with Gasteiger partial charge in [0.2, 0.25) is 5.13 Å². The van der Waals surface area contributed by atoms with Gasteiger partial charge >= 0.3 is 0 Å². The van der Waals surface area contributed by atoms with Crippen LogP contribution in [0.15, 0.2) is 24.3 Å². The van der Waals surface area contributed by atoms with Gasteiger partial charge in [-0.25, -0.2) is 0 Å². The van der Waals surface area contributed by atoms with Crippen LogP contribution in [0.2, 0.25) is 0 Å². The van der Waals surface area contributed by atoms with Crippen molar-refractivity contribution in [3.63, 3.8) is 0 Å². The lowest BCUT2D eigenvalue weighted by atomic mass is 10.2. The van der Waals surface area contributed by atoms with E-state index in [4.69, 9.17) is 12.2 Å². The van der Waals surface area contributed by atoms with Crippen molar-refractivity contribution in [3.05, 3.63) is 38.4 Å². The number of amides is 1. The number of aromatic nitrogens is 2. The Morgan fingerprint density at radius 3 is 2.90 bits per heavy atom. The van der Waals surface area contributed by atoms with Gasteiger partial charge in [0.1, 0.15) is 5.01 Å². The third-order valence-corrected chi connectivity index (χ3v) is 4.16. The van der Waals surface area contributed by atoms with E-state index in [1.165, 1.54) is 11.3 Å². The van der Waals surface area contributed by atoms with Gasteiger partial charge in [-0.2, -0.15) is 0 Å². The number of nitrogens with one attached hydrogen (secondary N) is 2. The number of rotatable bonds is 3. The van der Waals surface area contributed by atoms with Crippen molar-refractivity contribution in [2.24, 2.45) is 0 Å². The normalized spacial score (nSPS) is 10.1. The third kappa shape index (κ3) is 4.18. The quantitative estimate of drug-likeness (QED) is 0.593. The maximum absolute atomic E-state index is 12.0. The molecule has 0 unspecified atom stereocenters. The maximum Gasteiger partial charge on any atom is 0.257 e. The zero-order valence-corrected chi connectivity index (χ0v) is 14.3. The Morgan fingerprint density at radius 1 is 1.45 bits per heavy atom. The average molecular weight is 418 g/mol. The summed E-state index contributed by atoms with van der Waals surface area (Å²) in [6.07, 6.45) is 0.820. The number of thiocarbonyl (C=S) groups is 1. The summed E-state index contributed by atoms with van der Waals surface area (Å²) in [6, 6.07) is 7.27. The van der Waals surface area contributed by atoms with E-state index >= 15 is 0 Å². The maximum atomic E-state index is 12.0. The van der Waals surface area contributed by atoms with Gasteiger partial charge in [-0.1, -0.05) is 24.3 Å². The van der Waals surface area contributed by atoms with Gasteiger partial charge in [0, 0.05) is 9.13 Å². The van der Waals surface area contributed by atoms with E-state index < -0.39 is 0 Å². The Kier molecular flexibility index (Phi) is 5.38. The van der Waals surface area contributed by atoms with Gasteiger partial charge in [-0.15, -0.1) is 10.2 Å². The molecule has 2 aromatic rings. The molecule has 5 nitrogen and oxygen atoms in total. The number of hydrogen-bond donors (Lipinski definition) is 2. The smallest absolute Gasteiger partial charge is 0.257 e. The van der Waals surface area contributed by atoms with Gasteiger partial charge in [-0.3, -0.25) is 10.1 Å². The zero-order chi connectivity index (χ0) is 14.5. The Balaban J connectivity index is 1.95. The van der Waals surface area contributed by atoms with Crippen LogP contribution < -0.4 is 10.6 Å². The molecule has 1 amide bonds. The van der Waals surface area contributed by atoms with E-state index in [0.717, 1.165) is 15.0 Å². The van der Waals surface area contributed by atoms with Gasteiger partial charge < -0.3 is 5.32 Å². The number of anilines is 1. The fraction of sp³-hybridized carbons (Fsp3) is 0.167. The van der Waals surface area contributed by atoms with Crippen LogP contribution in [-0.2, 0) is 6.42 Å². The van der Waals surface area contributed by atoms with Crippen LogP contribution in [0.25, 0.3) is 0 Å². The molecule has 104 valence electrons. The van der Waals surface area contributed by atoms with Gasteiger partial charge in [0.15, 0.2) is 5.11 Å². The van der Waals surface area contributed by atoms with Gasteiger partial charge in [-0.05, 0) is 59.4 Å². The number of carbonyl (C=O) groups excluding carboxylic acids is 1. The fourth-order valence-corrected chi connectivity index (χ4v) is 2.86. The first-order valence-electron chi connectivity index (χ1n) is 5.78. The minimum atomic E-state index is -0.249. The summed E-state index contributed by atoms with van der Waals surface area (Å²) in [4.78, 5) is 12.0. The van der Waals surface area contributed by atoms with Crippen LogP contribution in [0.1, 0.15) is 22.3 Å². The molecule has 2 N–H and O–H groups in total. The number of halogens is 1. The Labute approximate surface area is 139 Å². The predicted molar refractivity (Wildman–Crippen MR) is 92.1 cm³/mol. The van der Waals surface area contributed by atoms with Crippen molar-refractivity contribution in [2.45, 2.75) is 13.3 Å². The van der Waals surface area contributed by atoms with Crippen LogP contribution in [0.3, 0.4) is 0 Å². The lowest BCUT2D eigenvalue weighted by Gasteiger charge is -2.06. The molecule has 0 atom stereocenters. The van der Waals surface area contributed by atoms with E-state index in [-0.39, 0.29) is 11.0 Å². The summed E-state index contributed by atoms with van der Waals surface area (Å²) in [5, 5.41) is 15.1. The molecule has 0 bridgehead atoms. The van der Waals surface area contributed by atoms with Crippen molar-refractivity contribution in [1.29, 1.82) is 0 Å². The lowest BCUT2D eigenvalue weighted by molar-refractivity contribution is 0.0977. The summed E-state index contributed by atoms with van der Waals surface area (Å²) in [6.45, 7) is 2.00. The molecule has 0 saturated heterocycles. The SMILES string of the molecule is CCc1nnc(NC(=S)NC(=O)c2cccc(I)c2)s1. The average Bonchev–Trinajstić information content (AvgIpc) is 2.86. The highest BCUT2D eigenvalue weighted by Crippen LogP contribution is 2.15. The second-order valence-corrected chi connectivity index (χ2v) is 6.49. The summed E-state index contributed by atoms with van der Waals surface area (Å²) in [7, 11) is 0. The molecule has 0 aliphatic carbocycles. The summed E-state index contributed by atoms with van der Waals surface area (Å²) >= 11 is 8.65. The summed E-state index contributed by atoms with van der Waals surface area (Å²) in [5.41, 5.74) is 0.563. The predicted octanol–water partition coefficient (Wildman–Crippen LogP) is 2.83. The number of nitrogens with zero attached hydrogens (tertiary/aromatic N) is 2. The van der Waals surface area contributed by atoms with Crippen LogP contribution in [-0.4, -0.2) is 21.2 Å². The molecule has 8 heteroatoms. The molecule has 0 spiro atoms. The first-order valence-corrected chi connectivity index (χ1v) is 8.09. The van der Waals surface area contributed by atoms with E-state index in [1.807, 2.05) is 19.1 Å². The largest absolute Gasteiger partial charge is 0.307 e. The molecule has 0 radical (unpaired) electrons.